The summed E-state index contributed by atoms with van der Waals surface area (Å²) in [6.45, 7) is 8.51. The third kappa shape index (κ3) is 1.82. The average molecular weight is 207 g/mol. The Labute approximate surface area is 92.3 Å². The minimum atomic E-state index is -0.125. The molecule has 0 aromatic rings. The number of nitrogens with zero attached hydrogens (tertiary/aromatic N) is 1. The minimum Gasteiger partial charge on any atom is -0.342 e. The largest absolute Gasteiger partial charge is 0.342 e. The zero-order chi connectivity index (χ0) is 11.1. The predicted octanol–water partition coefficient (Wildman–Crippen LogP) is 2.60. The van der Waals surface area contributed by atoms with Crippen molar-refractivity contribution in [3.8, 4) is 0 Å². The van der Waals surface area contributed by atoms with Gasteiger partial charge in [0.05, 0.1) is 5.41 Å². The molecule has 2 nitrogen and oxygen atoms in total. The van der Waals surface area contributed by atoms with Crippen molar-refractivity contribution in [2.24, 2.45) is 11.3 Å². The Bertz CT molecular complexity index is 302. The van der Waals surface area contributed by atoms with Gasteiger partial charge >= 0.3 is 0 Å². The van der Waals surface area contributed by atoms with Crippen LogP contribution >= 0.6 is 0 Å². The lowest BCUT2D eigenvalue weighted by atomic mass is 9.83. The van der Waals surface area contributed by atoms with Crippen LogP contribution in [0.25, 0.3) is 0 Å². The van der Waals surface area contributed by atoms with Gasteiger partial charge in [0.1, 0.15) is 0 Å². The number of likely N-dealkylation sites (tertiary alicyclic amines) is 1. The first-order valence-electron chi connectivity index (χ1n) is 6.01. The first-order valence-corrected chi connectivity index (χ1v) is 6.01. The highest BCUT2D eigenvalue weighted by atomic mass is 16.2. The topological polar surface area (TPSA) is 20.3 Å². The molecule has 2 rings (SSSR count). The number of hydrogen-bond acceptors (Lipinski definition) is 1. The molecule has 1 unspecified atom stereocenters. The van der Waals surface area contributed by atoms with E-state index in [1.54, 1.807) is 0 Å². The van der Waals surface area contributed by atoms with Gasteiger partial charge in [0.2, 0.25) is 5.91 Å². The summed E-state index contributed by atoms with van der Waals surface area (Å²) in [5.41, 5.74) is 1.34. The van der Waals surface area contributed by atoms with Crippen LogP contribution in [0.1, 0.15) is 40.0 Å². The van der Waals surface area contributed by atoms with Crippen LogP contribution in [0.4, 0.5) is 0 Å². The van der Waals surface area contributed by atoms with Crippen molar-refractivity contribution in [2.45, 2.75) is 40.0 Å². The summed E-state index contributed by atoms with van der Waals surface area (Å²) in [4.78, 5) is 14.2. The lowest BCUT2D eigenvalue weighted by Gasteiger charge is -2.37. The number of carbonyl (C=O) groups is 1. The Hall–Kier alpha value is -0.790. The van der Waals surface area contributed by atoms with Crippen LogP contribution in [0.5, 0.6) is 0 Å². The molecule has 2 heteroatoms. The zero-order valence-corrected chi connectivity index (χ0v) is 10.0. The Morgan fingerprint density at radius 1 is 1.47 bits per heavy atom. The van der Waals surface area contributed by atoms with Crippen molar-refractivity contribution in [2.75, 3.05) is 13.1 Å². The Morgan fingerprint density at radius 3 is 2.53 bits per heavy atom. The van der Waals surface area contributed by atoms with Gasteiger partial charge in [-0.05, 0) is 25.2 Å². The number of amides is 1. The molecule has 0 aromatic carbocycles. The standard InChI is InChI=1S/C13H21NO/c1-10(2)11-5-6-13(3,9-11)12(15)14-7-4-8-14/h5,10H,4,6-9H2,1-3H3. The van der Waals surface area contributed by atoms with Crippen LogP contribution in [0.2, 0.25) is 0 Å². The van der Waals surface area contributed by atoms with Crippen LogP contribution in [0, 0.1) is 11.3 Å². The summed E-state index contributed by atoms with van der Waals surface area (Å²) in [5, 5.41) is 0. The molecule has 1 atom stereocenters. The van der Waals surface area contributed by atoms with E-state index in [0.717, 1.165) is 25.9 Å². The van der Waals surface area contributed by atoms with Crippen LogP contribution in [0.15, 0.2) is 11.6 Å². The van der Waals surface area contributed by atoms with Crippen molar-refractivity contribution in [1.82, 2.24) is 4.90 Å². The van der Waals surface area contributed by atoms with E-state index < -0.39 is 0 Å². The molecule has 1 fully saturated rings. The van der Waals surface area contributed by atoms with E-state index in [2.05, 4.69) is 26.8 Å². The Kier molecular flexibility index (Phi) is 2.61. The average Bonchev–Trinajstić information content (AvgIpc) is 2.46. The van der Waals surface area contributed by atoms with Gasteiger partial charge in [-0.25, -0.2) is 0 Å². The fourth-order valence-electron chi connectivity index (χ4n) is 2.46. The third-order valence-corrected chi connectivity index (χ3v) is 3.81. The fourth-order valence-corrected chi connectivity index (χ4v) is 2.46. The zero-order valence-electron chi connectivity index (χ0n) is 10.0. The van der Waals surface area contributed by atoms with Crippen molar-refractivity contribution >= 4 is 5.91 Å². The molecular formula is C13H21NO. The smallest absolute Gasteiger partial charge is 0.229 e. The molecule has 0 spiro atoms. The first kappa shape index (κ1) is 10.7. The monoisotopic (exact) mass is 207 g/mol. The van der Waals surface area contributed by atoms with Crippen LogP contribution in [-0.2, 0) is 4.79 Å². The highest BCUT2D eigenvalue weighted by Crippen LogP contribution is 2.41. The lowest BCUT2D eigenvalue weighted by molar-refractivity contribution is -0.144. The van der Waals surface area contributed by atoms with Crippen LogP contribution in [-0.4, -0.2) is 23.9 Å². The summed E-state index contributed by atoms with van der Waals surface area (Å²) in [7, 11) is 0. The molecule has 1 heterocycles. The summed E-state index contributed by atoms with van der Waals surface area (Å²) in [6, 6.07) is 0. The van der Waals surface area contributed by atoms with E-state index in [0.29, 0.717) is 11.8 Å². The van der Waals surface area contributed by atoms with Crippen molar-refractivity contribution < 1.29 is 4.79 Å². The second kappa shape index (κ2) is 3.66. The summed E-state index contributed by atoms with van der Waals surface area (Å²) in [6.07, 6.45) is 5.38. The second-order valence-corrected chi connectivity index (χ2v) is 5.52. The Balaban J connectivity index is 2.01. The molecule has 0 saturated carbocycles. The number of rotatable bonds is 2. The van der Waals surface area contributed by atoms with E-state index in [1.165, 1.54) is 12.0 Å². The molecule has 0 bridgehead atoms. The van der Waals surface area contributed by atoms with Gasteiger partial charge in [0.25, 0.3) is 0 Å². The normalized spacial score (nSPS) is 30.4. The highest BCUT2D eigenvalue weighted by molar-refractivity contribution is 5.84. The molecule has 0 aromatic heterocycles. The van der Waals surface area contributed by atoms with Gasteiger partial charge in [-0.15, -0.1) is 0 Å². The van der Waals surface area contributed by atoms with E-state index in [4.69, 9.17) is 0 Å². The summed E-state index contributed by atoms with van der Waals surface area (Å²) < 4.78 is 0. The number of carbonyl (C=O) groups excluding carboxylic acids is 1. The maximum absolute atomic E-state index is 12.2. The predicted molar refractivity (Wildman–Crippen MR) is 61.5 cm³/mol. The van der Waals surface area contributed by atoms with Crippen LogP contribution in [0.3, 0.4) is 0 Å². The molecule has 15 heavy (non-hydrogen) atoms. The quantitative estimate of drug-likeness (QED) is 0.637. The van der Waals surface area contributed by atoms with Gasteiger partial charge in [0, 0.05) is 13.1 Å². The van der Waals surface area contributed by atoms with E-state index in [9.17, 15) is 4.79 Å². The molecule has 0 N–H and O–H groups in total. The van der Waals surface area contributed by atoms with Gasteiger partial charge < -0.3 is 4.90 Å². The third-order valence-electron chi connectivity index (χ3n) is 3.81. The minimum absolute atomic E-state index is 0.125. The molecule has 1 aliphatic carbocycles. The maximum atomic E-state index is 12.2. The maximum Gasteiger partial charge on any atom is 0.229 e. The second-order valence-electron chi connectivity index (χ2n) is 5.52. The van der Waals surface area contributed by atoms with Gasteiger partial charge in [-0.1, -0.05) is 32.4 Å². The molecule has 0 radical (unpaired) electrons. The van der Waals surface area contributed by atoms with Gasteiger partial charge in [-0.2, -0.15) is 0 Å². The lowest BCUT2D eigenvalue weighted by Crippen LogP contribution is -2.48. The van der Waals surface area contributed by atoms with E-state index >= 15 is 0 Å². The highest BCUT2D eigenvalue weighted by Gasteiger charge is 2.41. The summed E-state index contributed by atoms with van der Waals surface area (Å²) in [5.74, 6) is 0.969. The molecular weight excluding hydrogens is 186 g/mol. The molecule has 1 saturated heterocycles. The van der Waals surface area contributed by atoms with Crippen molar-refractivity contribution in [1.29, 1.82) is 0 Å². The fraction of sp³-hybridized carbons (Fsp3) is 0.769. The van der Waals surface area contributed by atoms with E-state index in [1.807, 2.05) is 4.90 Å². The number of hydrogen-bond donors (Lipinski definition) is 0. The molecule has 1 amide bonds. The van der Waals surface area contributed by atoms with Crippen LogP contribution < -0.4 is 0 Å². The number of allylic oxidation sites excluding steroid dienone is 2. The molecule has 2 aliphatic rings. The Morgan fingerprint density at radius 2 is 2.13 bits per heavy atom. The van der Waals surface area contributed by atoms with Gasteiger partial charge in [0.15, 0.2) is 0 Å². The van der Waals surface area contributed by atoms with Crippen molar-refractivity contribution in [3.05, 3.63) is 11.6 Å². The molecule has 1 aliphatic heterocycles. The SMILES string of the molecule is CC(C)C1=CCC(C)(C(=O)N2CCC2)C1. The van der Waals surface area contributed by atoms with E-state index in [-0.39, 0.29) is 5.41 Å². The first-order chi connectivity index (χ1) is 7.03. The van der Waals surface area contributed by atoms with Crippen molar-refractivity contribution in [3.63, 3.8) is 0 Å². The summed E-state index contributed by atoms with van der Waals surface area (Å²) >= 11 is 0. The molecule has 84 valence electrons. The van der Waals surface area contributed by atoms with Gasteiger partial charge in [-0.3, -0.25) is 4.79 Å².